The van der Waals surface area contributed by atoms with Crippen LogP contribution in [0.5, 0.6) is 0 Å². The molecular weight excluding hydrogens is 182 g/mol. The summed E-state index contributed by atoms with van der Waals surface area (Å²) in [5.74, 6) is 1.26. The molecule has 0 amide bonds. The Morgan fingerprint density at radius 2 is 2.13 bits per heavy atom. The third-order valence-corrected chi connectivity index (χ3v) is 2.91. The molecule has 1 heterocycles. The van der Waals surface area contributed by atoms with Crippen molar-refractivity contribution >= 4 is 6.21 Å². The first kappa shape index (κ1) is 12.0. The summed E-state index contributed by atoms with van der Waals surface area (Å²) in [5, 5.41) is 0. The van der Waals surface area contributed by atoms with E-state index in [-0.39, 0.29) is 0 Å². The summed E-state index contributed by atoms with van der Waals surface area (Å²) in [6, 6.07) is 0. The molecule has 82 valence electrons. The van der Waals surface area contributed by atoms with Crippen LogP contribution < -0.4 is 0 Å². The van der Waals surface area contributed by atoms with Crippen molar-refractivity contribution < 1.29 is 0 Å². The molecule has 0 aromatic rings. The fraction of sp³-hybridized carbons (Fsp3) is 0.500. The van der Waals surface area contributed by atoms with Gasteiger partial charge in [0.15, 0.2) is 0 Å². The molecule has 1 heteroatoms. The summed E-state index contributed by atoms with van der Waals surface area (Å²) >= 11 is 0. The second kappa shape index (κ2) is 5.69. The summed E-state index contributed by atoms with van der Waals surface area (Å²) < 4.78 is 0. The summed E-state index contributed by atoms with van der Waals surface area (Å²) in [6.45, 7) is 12.6. The largest absolute Gasteiger partial charge is 0.262 e. The average molecular weight is 203 g/mol. The maximum absolute atomic E-state index is 4.24. The molecule has 1 unspecified atom stereocenters. The molecule has 0 saturated heterocycles. The molecule has 0 aromatic carbocycles. The number of hydrogen-bond donors (Lipinski definition) is 0. The maximum Gasteiger partial charge on any atom is 0.0331 e. The Kier molecular flexibility index (Phi) is 4.54. The van der Waals surface area contributed by atoms with Crippen LogP contribution in [-0.2, 0) is 0 Å². The molecule has 0 aromatic heterocycles. The molecule has 1 rings (SSSR count). The van der Waals surface area contributed by atoms with Crippen LogP contribution in [0.4, 0.5) is 0 Å². The molecule has 0 spiro atoms. The Bertz CT molecular complexity index is 294. The predicted octanol–water partition coefficient (Wildman–Crippen LogP) is 4.14. The summed E-state index contributed by atoms with van der Waals surface area (Å²) in [7, 11) is 0. The van der Waals surface area contributed by atoms with Crippen molar-refractivity contribution in [2.75, 3.05) is 0 Å². The predicted molar refractivity (Wildman–Crippen MR) is 68.1 cm³/mol. The highest BCUT2D eigenvalue weighted by Crippen LogP contribution is 2.27. The number of nitrogens with zero attached hydrogens (tertiary/aromatic N) is 1. The molecule has 0 bridgehead atoms. The lowest BCUT2D eigenvalue weighted by Gasteiger charge is -2.21. The number of allylic oxidation sites excluding steroid dienone is 4. The molecule has 0 N–H and O–H groups in total. The SMILES string of the molecule is C=C1CCCC(C(C)C)C(=C)/C=C\C=N1. The van der Waals surface area contributed by atoms with Crippen molar-refractivity contribution in [2.24, 2.45) is 16.8 Å². The van der Waals surface area contributed by atoms with Crippen LogP contribution >= 0.6 is 0 Å². The average Bonchev–Trinajstić information content (AvgIpc) is 2.18. The first-order valence-electron chi connectivity index (χ1n) is 5.68. The topological polar surface area (TPSA) is 12.4 Å². The van der Waals surface area contributed by atoms with Crippen LogP contribution in [0.25, 0.3) is 0 Å². The Labute approximate surface area is 93.3 Å². The quantitative estimate of drug-likeness (QED) is 0.607. The maximum atomic E-state index is 4.24. The van der Waals surface area contributed by atoms with Crippen molar-refractivity contribution in [3.05, 3.63) is 36.6 Å². The molecular formula is C14H21N. The van der Waals surface area contributed by atoms with Gasteiger partial charge in [-0.05, 0) is 37.2 Å². The Morgan fingerprint density at radius 1 is 1.40 bits per heavy atom. The normalized spacial score (nSPS) is 25.7. The highest BCUT2D eigenvalue weighted by molar-refractivity contribution is 5.72. The van der Waals surface area contributed by atoms with Crippen LogP contribution in [0.15, 0.2) is 41.6 Å². The molecule has 1 aliphatic rings. The van der Waals surface area contributed by atoms with E-state index in [1.165, 1.54) is 12.0 Å². The van der Waals surface area contributed by atoms with Gasteiger partial charge in [-0.15, -0.1) is 0 Å². The van der Waals surface area contributed by atoms with Crippen molar-refractivity contribution in [3.63, 3.8) is 0 Å². The zero-order valence-electron chi connectivity index (χ0n) is 9.87. The van der Waals surface area contributed by atoms with E-state index in [9.17, 15) is 0 Å². The molecule has 15 heavy (non-hydrogen) atoms. The number of hydrogen-bond acceptors (Lipinski definition) is 1. The lowest BCUT2D eigenvalue weighted by molar-refractivity contribution is 0.411. The Hall–Kier alpha value is -1.11. The Morgan fingerprint density at radius 3 is 2.80 bits per heavy atom. The van der Waals surface area contributed by atoms with Gasteiger partial charge in [-0.25, -0.2) is 0 Å². The van der Waals surface area contributed by atoms with Crippen molar-refractivity contribution in [3.8, 4) is 0 Å². The fourth-order valence-corrected chi connectivity index (χ4v) is 1.98. The summed E-state index contributed by atoms with van der Waals surface area (Å²) in [6.07, 6.45) is 9.21. The molecule has 1 aliphatic heterocycles. The van der Waals surface area contributed by atoms with Crippen molar-refractivity contribution in [1.29, 1.82) is 0 Å². The zero-order valence-corrected chi connectivity index (χ0v) is 9.87. The van der Waals surface area contributed by atoms with E-state index < -0.39 is 0 Å². The number of rotatable bonds is 1. The van der Waals surface area contributed by atoms with Crippen molar-refractivity contribution in [1.82, 2.24) is 0 Å². The van der Waals surface area contributed by atoms with Gasteiger partial charge in [-0.2, -0.15) is 0 Å². The van der Waals surface area contributed by atoms with E-state index in [2.05, 4.69) is 38.1 Å². The zero-order chi connectivity index (χ0) is 11.3. The first-order chi connectivity index (χ1) is 7.11. The molecule has 1 nitrogen and oxygen atoms in total. The first-order valence-corrected chi connectivity index (χ1v) is 5.68. The summed E-state index contributed by atoms with van der Waals surface area (Å²) in [5.41, 5.74) is 2.21. The molecule has 0 fully saturated rings. The van der Waals surface area contributed by atoms with E-state index in [1.54, 1.807) is 0 Å². The second-order valence-electron chi connectivity index (χ2n) is 4.52. The molecule has 1 atom stereocenters. The van der Waals surface area contributed by atoms with Crippen LogP contribution in [-0.4, -0.2) is 6.21 Å². The van der Waals surface area contributed by atoms with Crippen molar-refractivity contribution in [2.45, 2.75) is 33.1 Å². The van der Waals surface area contributed by atoms with E-state index >= 15 is 0 Å². The molecule has 0 aliphatic carbocycles. The fourth-order valence-electron chi connectivity index (χ4n) is 1.98. The van der Waals surface area contributed by atoms with Gasteiger partial charge in [0.1, 0.15) is 0 Å². The highest BCUT2D eigenvalue weighted by Gasteiger charge is 2.15. The van der Waals surface area contributed by atoms with Crippen LogP contribution in [0, 0.1) is 11.8 Å². The Balaban J connectivity index is 2.77. The van der Waals surface area contributed by atoms with Gasteiger partial charge in [-0.3, -0.25) is 4.99 Å². The van der Waals surface area contributed by atoms with Gasteiger partial charge in [0.25, 0.3) is 0 Å². The lowest BCUT2D eigenvalue weighted by Crippen LogP contribution is -2.10. The van der Waals surface area contributed by atoms with E-state index in [4.69, 9.17) is 0 Å². The third kappa shape index (κ3) is 3.86. The second-order valence-corrected chi connectivity index (χ2v) is 4.52. The van der Waals surface area contributed by atoms with Crippen LogP contribution in [0.2, 0.25) is 0 Å². The van der Waals surface area contributed by atoms with E-state index in [1.807, 2.05) is 12.3 Å². The minimum atomic E-state index is 0.598. The standard InChI is InChI=1S/C14H21N/c1-11(2)14-9-5-8-13(4)15-10-6-7-12(14)3/h6-7,10-11,14H,3-5,8-9H2,1-2H3/b7-6-,15-10?. The van der Waals surface area contributed by atoms with E-state index in [0.29, 0.717) is 11.8 Å². The lowest BCUT2D eigenvalue weighted by atomic mass is 9.84. The summed E-state index contributed by atoms with van der Waals surface area (Å²) in [4.78, 5) is 4.24. The minimum Gasteiger partial charge on any atom is -0.262 e. The van der Waals surface area contributed by atoms with Gasteiger partial charge in [0, 0.05) is 11.9 Å². The van der Waals surface area contributed by atoms with Gasteiger partial charge < -0.3 is 0 Å². The molecule has 0 saturated carbocycles. The molecule has 0 radical (unpaired) electrons. The third-order valence-electron chi connectivity index (χ3n) is 2.91. The van der Waals surface area contributed by atoms with Crippen LogP contribution in [0.3, 0.4) is 0 Å². The highest BCUT2D eigenvalue weighted by atomic mass is 14.7. The van der Waals surface area contributed by atoms with Gasteiger partial charge in [0.2, 0.25) is 0 Å². The monoisotopic (exact) mass is 203 g/mol. The van der Waals surface area contributed by atoms with Crippen LogP contribution in [0.1, 0.15) is 33.1 Å². The van der Waals surface area contributed by atoms with Gasteiger partial charge in [-0.1, -0.05) is 38.7 Å². The smallest absolute Gasteiger partial charge is 0.0331 e. The van der Waals surface area contributed by atoms with Gasteiger partial charge in [0.05, 0.1) is 0 Å². The van der Waals surface area contributed by atoms with E-state index in [0.717, 1.165) is 18.5 Å². The van der Waals surface area contributed by atoms with Gasteiger partial charge >= 0.3 is 0 Å². The minimum absolute atomic E-state index is 0.598. The number of aliphatic imine (C=N–C) groups is 1.